The highest BCUT2D eigenvalue weighted by molar-refractivity contribution is 7.18. The summed E-state index contributed by atoms with van der Waals surface area (Å²) in [5.74, 6) is -0.966. The molecular formula is C16H21F3N2O2S. The predicted molar refractivity (Wildman–Crippen MR) is 89.3 cm³/mol. The number of nitrogens with zero attached hydrogens (tertiary/aromatic N) is 1. The maximum absolute atomic E-state index is 12.6. The normalized spacial score (nSPS) is 12.0. The van der Waals surface area contributed by atoms with E-state index in [9.17, 15) is 22.8 Å². The number of rotatable bonds is 5. The molecule has 0 aliphatic rings. The summed E-state index contributed by atoms with van der Waals surface area (Å²) >= 11 is 0.967. The number of hydrogen-bond acceptors (Lipinski definition) is 3. The fourth-order valence-electron chi connectivity index (χ4n) is 1.79. The number of hydrogen-bond donors (Lipinski definition) is 1. The molecule has 0 radical (unpaired) electrons. The Morgan fingerprint density at radius 1 is 1.33 bits per heavy atom. The van der Waals surface area contributed by atoms with Gasteiger partial charge >= 0.3 is 6.18 Å². The molecule has 0 spiro atoms. The lowest BCUT2D eigenvalue weighted by Crippen LogP contribution is -2.38. The van der Waals surface area contributed by atoms with Crippen LogP contribution in [-0.4, -0.2) is 36.0 Å². The number of carbonyl (C=O) groups is 2. The van der Waals surface area contributed by atoms with Gasteiger partial charge in [0.1, 0.15) is 6.54 Å². The molecule has 0 saturated heterocycles. The summed E-state index contributed by atoms with van der Waals surface area (Å²) in [5.41, 5.74) is -0.0989. The van der Waals surface area contributed by atoms with Gasteiger partial charge in [-0.1, -0.05) is 26.8 Å². The number of alkyl halides is 3. The van der Waals surface area contributed by atoms with E-state index in [1.807, 2.05) is 0 Å². The van der Waals surface area contributed by atoms with Gasteiger partial charge in [-0.25, -0.2) is 0 Å². The third-order valence-electron chi connectivity index (χ3n) is 3.04. The van der Waals surface area contributed by atoms with E-state index in [4.69, 9.17) is 0 Å². The van der Waals surface area contributed by atoms with Gasteiger partial charge in [0, 0.05) is 12.0 Å². The Morgan fingerprint density at radius 3 is 2.38 bits per heavy atom. The Morgan fingerprint density at radius 2 is 1.92 bits per heavy atom. The van der Waals surface area contributed by atoms with Gasteiger partial charge in [0.15, 0.2) is 0 Å². The molecule has 134 valence electrons. The minimum atomic E-state index is -4.49. The van der Waals surface area contributed by atoms with Gasteiger partial charge in [0.2, 0.25) is 5.91 Å². The molecule has 2 amide bonds. The van der Waals surface area contributed by atoms with Crippen LogP contribution in [-0.2, 0) is 4.79 Å². The predicted octanol–water partition coefficient (Wildman–Crippen LogP) is 4.23. The van der Waals surface area contributed by atoms with Crippen LogP contribution in [0.15, 0.2) is 18.7 Å². The maximum atomic E-state index is 12.6. The smallest absolute Gasteiger partial charge is 0.325 e. The van der Waals surface area contributed by atoms with Crippen molar-refractivity contribution < 1.29 is 22.8 Å². The largest absolute Gasteiger partial charge is 0.406 e. The average molecular weight is 362 g/mol. The van der Waals surface area contributed by atoms with E-state index in [-0.39, 0.29) is 17.3 Å². The second kappa shape index (κ2) is 7.38. The Hall–Kier alpha value is -1.83. The minimum absolute atomic E-state index is 0.172. The van der Waals surface area contributed by atoms with E-state index < -0.39 is 24.0 Å². The first-order valence-electron chi connectivity index (χ1n) is 7.24. The first-order chi connectivity index (χ1) is 10.8. The van der Waals surface area contributed by atoms with Gasteiger partial charge < -0.3 is 10.2 Å². The van der Waals surface area contributed by atoms with Gasteiger partial charge in [-0.2, -0.15) is 13.2 Å². The van der Waals surface area contributed by atoms with E-state index in [0.29, 0.717) is 15.5 Å². The third-order valence-corrected chi connectivity index (χ3v) is 4.18. The van der Waals surface area contributed by atoms with E-state index in [0.717, 1.165) is 11.3 Å². The molecule has 0 atom stereocenters. The number of anilines is 1. The Kier molecular flexibility index (Phi) is 6.21. The van der Waals surface area contributed by atoms with Gasteiger partial charge in [-0.05, 0) is 18.6 Å². The SMILES string of the molecule is C=CCN(CC(F)(F)F)C(=O)c1sc(NC(=O)C(C)(C)C)cc1C. The van der Waals surface area contributed by atoms with Crippen molar-refractivity contribution in [2.24, 2.45) is 5.41 Å². The van der Waals surface area contributed by atoms with Crippen molar-refractivity contribution in [2.75, 3.05) is 18.4 Å². The zero-order valence-electron chi connectivity index (χ0n) is 14.1. The van der Waals surface area contributed by atoms with E-state index >= 15 is 0 Å². The first-order valence-corrected chi connectivity index (χ1v) is 8.05. The molecular weight excluding hydrogens is 341 g/mol. The van der Waals surface area contributed by atoms with Crippen molar-refractivity contribution in [3.63, 3.8) is 0 Å². The van der Waals surface area contributed by atoms with Crippen LogP contribution >= 0.6 is 11.3 Å². The molecule has 0 saturated carbocycles. The number of carbonyl (C=O) groups excluding carboxylic acids is 2. The first kappa shape index (κ1) is 20.2. The number of thiophene rings is 1. The van der Waals surface area contributed by atoms with E-state index in [2.05, 4.69) is 11.9 Å². The van der Waals surface area contributed by atoms with Crippen LogP contribution in [0, 0.1) is 12.3 Å². The van der Waals surface area contributed by atoms with Gasteiger partial charge in [-0.15, -0.1) is 17.9 Å². The summed E-state index contributed by atoms with van der Waals surface area (Å²) in [5, 5.41) is 3.12. The summed E-state index contributed by atoms with van der Waals surface area (Å²) in [6, 6.07) is 1.58. The Bertz CT molecular complexity index is 630. The topological polar surface area (TPSA) is 49.4 Å². The molecule has 0 unspecified atom stereocenters. The molecule has 1 rings (SSSR count). The van der Waals surface area contributed by atoms with Crippen molar-refractivity contribution in [3.05, 3.63) is 29.2 Å². The molecule has 4 nitrogen and oxygen atoms in total. The zero-order valence-corrected chi connectivity index (χ0v) is 14.9. The number of nitrogens with one attached hydrogen (secondary N) is 1. The maximum Gasteiger partial charge on any atom is 0.406 e. The van der Waals surface area contributed by atoms with Crippen LogP contribution in [0.25, 0.3) is 0 Å². The van der Waals surface area contributed by atoms with Crippen molar-refractivity contribution in [3.8, 4) is 0 Å². The van der Waals surface area contributed by atoms with Crippen molar-refractivity contribution in [2.45, 2.75) is 33.9 Å². The van der Waals surface area contributed by atoms with Crippen LogP contribution in [0.5, 0.6) is 0 Å². The molecule has 24 heavy (non-hydrogen) atoms. The quantitative estimate of drug-likeness (QED) is 0.797. The highest BCUT2D eigenvalue weighted by Gasteiger charge is 2.34. The lowest BCUT2D eigenvalue weighted by molar-refractivity contribution is -0.139. The number of aryl methyl sites for hydroxylation is 1. The Labute approximate surface area is 143 Å². The third kappa shape index (κ3) is 5.67. The second-order valence-electron chi connectivity index (χ2n) is 6.42. The monoisotopic (exact) mass is 362 g/mol. The molecule has 8 heteroatoms. The molecule has 0 aliphatic carbocycles. The molecule has 0 fully saturated rings. The van der Waals surface area contributed by atoms with Gasteiger partial charge in [-0.3, -0.25) is 9.59 Å². The lowest BCUT2D eigenvalue weighted by atomic mass is 9.96. The van der Waals surface area contributed by atoms with Crippen LogP contribution < -0.4 is 5.32 Å². The standard InChI is InChI=1S/C16H21F3N2O2S/c1-6-7-21(9-16(17,18)19)13(22)12-10(2)8-11(24-12)20-14(23)15(3,4)5/h6,8H,1,7,9H2,2-5H3,(H,20,23). The summed E-state index contributed by atoms with van der Waals surface area (Å²) in [6.45, 7) is 8.67. The average Bonchev–Trinajstić information content (AvgIpc) is 2.75. The van der Waals surface area contributed by atoms with Crippen LogP contribution in [0.1, 0.15) is 36.0 Å². The molecule has 1 heterocycles. The Balaban J connectivity index is 3.02. The molecule has 1 aromatic rings. The van der Waals surface area contributed by atoms with Gasteiger partial charge in [0.25, 0.3) is 5.91 Å². The number of amides is 2. The molecule has 1 N–H and O–H groups in total. The highest BCUT2D eigenvalue weighted by Crippen LogP contribution is 2.30. The van der Waals surface area contributed by atoms with Crippen LogP contribution in [0.3, 0.4) is 0 Å². The lowest BCUT2D eigenvalue weighted by Gasteiger charge is -2.22. The van der Waals surface area contributed by atoms with Crippen molar-refractivity contribution in [1.82, 2.24) is 4.90 Å². The molecule has 0 aliphatic heterocycles. The van der Waals surface area contributed by atoms with Crippen molar-refractivity contribution >= 4 is 28.2 Å². The number of halogens is 3. The summed E-state index contributed by atoms with van der Waals surface area (Å²) in [7, 11) is 0. The minimum Gasteiger partial charge on any atom is -0.325 e. The van der Waals surface area contributed by atoms with Crippen molar-refractivity contribution in [1.29, 1.82) is 0 Å². The van der Waals surface area contributed by atoms with E-state index in [1.165, 1.54) is 6.08 Å². The second-order valence-corrected chi connectivity index (χ2v) is 7.47. The molecule has 0 bridgehead atoms. The van der Waals surface area contributed by atoms with Crippen LogP contribution in [0.2, 0.25) is 0 Å². The zero-order chi connectivity index (χ0) is 18.7. The summed E-state index contributed by atoms with van der Waals surface area (Å²) in [4.78, 5) is 25.2. The molecule has 0 aromatic carbocycles. The summed E-state index contributed by atoms with van der Waals surface area (Å²) < 4.78 is 37.9. The molecule has 1 aromatic heterocycles. The van der Waals surface area contributed by atoms with Crippen LogP contribution in [0.4, 0.5) is 18.2 Å². The fraction of sp³-hybridized carbons (Fsp3) is 0.500. The van der Waals surface area contributed by atoms with E-state index in [1.54, 1.807) is 33.8 Å². The summed E-state index contributed by atoms with van der Waals surface area (Å²) in [6.07, 6.45) is -3.25. The fourth-order valence-corrected chi connectivity index (χ4v) is 2.83. The highest BCUT2D eigenvalue weighted by atomic mass is 32.1. The van der Waals surface area contributed by atoms with Gasteiger partial charge in [0.05, 0.1) is 9.88 Å².